The van der Waals surface area contributed by atoms with Gasteiger partial charge in [0.15, 0.2) is 0 Å². The average Bonchev–Trinajstić information content (AvgIpc) is 2.74. The van der Waals surface area contributed by atoms with E-state index in [0.29, 0.717) is 5.56 Å². The average molecular weight is 264 g/mol. The molecule has 1 amide bonds. The number of nitrogens with zero attached hydrogens (tertiary/aromatic N) is 1. The summed E-state index contributed by atoms with van der Waals surface area (Å²) in [7, 11) is 0. The lowest BCUT2D eigenvalue weighted by molar-refractivity contribution is -0.143. The highest BCUT2D eigenvalue weighted by molar-refractivity contribution is 7.16. The quantitative estimate of drug-likeness (QED) is 0.887. The minimum absolute atomic E-state index is 0.405. The second-order valence-corrected chi connectivity index (χ2v) is 5.31. The number of carbonyl (C=O) groups is 2. The lowest BCUT2D eigenvalue weighted by Crippen LogP contribution is -2.49. The van der Waals surface area contributed by atoms with Gasteiger partial charge in [-0.3, -0.25) is 4.79 Å². The molecule has 18 heavy (non-hydrogen) atoms. The highest BCUT2D eigenvalue weighted by atomic mass is 32.1. The molecule has 2 aromatic rings. The Morgan fingerprint density at radius 1 is 1.39 bits per heavy atom. The number of carboxylic acid groups (broad SMARTS) is 1. The smallest absolute Gasteiger partial charge is 0.328 e. The van der Waals surface area contributed by atoms with E-state index in [9.17, 15) is 9.59 Å². The summed E-state index contributed by atoms with van der Waals surface area (Å²) in [5.41, 5.74) is 1.67. The van der Waals surface area contributed by atoms with Crippen molar-refractivity contribution in [3.63, 3.8) is 0 Å². The molecular formula is C12H12N2O3S. The van der Waals surface area contributed by atoms with Crippen molar-refractivity contribution in [3.8, 4) is 0 Å². The van der Waals surface area contributed by atoms with Gasteiger partial charge < -0.3 is 10.4 Å². The normalized spacial score (nSPS) is 11.4. The van der Waals surface area contributed by atoms with Gasteiger partial charge in [-0.15, -0.1) is 11.3 Å². The molecule has 2 rings (SSSR count). The highest BCUT2D eigenvalue weighted by Crippen LogP contribution is 2.19. The zero-order valence-electron chi connectivity index (χ0n) is 9.93. The van der Waals surface area contributed by atoms with Crippen molar-refractivity contribution >= 4 is 33.4 Å². The lowest BCUT2D eigenvalue weighted by Gasteiger charge is -2.20. The number of amides is 1. The van der Waals surface area contributed by atoms with Gasteiger partial charge in [0, 0.05) is 5.56 Å². The van der Waals surface area contributed by atoms with Crippen LogP contribution < -0.4 is 5.32 Å². The number of rotatable bonds is 3. The molecule has 0 fully saturated rings. The molecule has 0 spiro atoms. The fourth-order valence-corrected chi connectivity index (χ4v) is 2.12. The van der Waals surface area contributed by atoms with Crippen LogP contribution in [0, 0.1) is 0 Å². The zero-order chi connectivity index (χ0) is 13.3. The standard InChI is InChI=1S/C12H12N2O3S/c1-12(2,11(16)17)14-10(15)7-3-4-8-9(5-7)18-6-13-8/h3-6H,1-2H3,(H,14,15)(H,16,17). The first-order valence-electron chi connectivity index (χ1n) is 5.29. The van der Waals surface area contributed by atoms with Gasteiger partial charge >= 0.3 is 5.97 Å². The SMILES string of the molecule is CC(C)(NC(=O)c1ccc2ncsc2c1)C(=O)O. The van der Waals surface area contributed by atoms with E-state index < -0.39 is 17.4 Å². The molecule has 0 aliphatic rings. The van der Waals surface area contributed by atoms with Crippen LogP contribution >= 0.6 is 11.3 Å². The summed E-state index contributed by atoms with van der Waals surface area (Å²) in [6.07, 6.45) is 0. The monoisotopic (exact) mass is 264 g/mol. The fourth-order valence-electron chi connectivity index (χ4n) is 1.41. The van der Waals surface area contributed by atoms with Gasteiger partial charge in [0.1, 0.15) is 5.54 Å². The Kier molecular flexibility index (Phi) is 3.04. The molecule has 1 heterocycles. The van der Waals surface area contributed by atoms with Crippen LogP contribution in [-0.4, -0.2) is 27.5 Å². The Balaban J connectivity index is 2.25. The Bertz CT molecular complexity index is 619. The van der Waals surface area contributed by atoms with Crippen molar-refractivity contribution in [1.82, 2.24) is 10.3 Å². The first kappa shape index (κ1) is 12.5. The molecule has 0 radical (unpaired) electrons. The second-order valence-electron chi connectivity index (χ2n) is 4.42. The van der Waals surface area contributed by atoms with Crippen LogP contribution in [0.1, 0.15) is 24.2 Å². The van der Waals surface area contributed by atoms with Crippen molar-refractivity contribution in [2.45, 2.75) is 19.4 Å². The third-order valence-electron chi connectivity index (χ3n) is 2.55. The number of thiazole rings is 1. The largest absolute Gasteiger partial charge is 0.480 e. The number of hydrogen-bond donors (Lipinski definition) is 2. The summed E-state index contributed by atoms with van der Waals surface area (Å²) in [5.74, 6) is -1.48. The minimum atomic E-state index is -1.29. The van der Waals surface area contributed by atoms with Gasteiger partial charge in [-0.05, 0) is 32.0 Å². The Morgan fingerprint density at radius 3 is 2.78 bits per heavy atom. The molecule has 5 nitrogen and oxygen atoms in total. The van der Waals surface area contributed by atoms with Crippen molar-refractivity contribution < 1.29 is 14.7 Å². The van der Waals surface area contributed by atoms with Gasteiger partial charge in [-0.2, -0.15) is 0 Å². The molecule has 0 unspecified atom stereocenters. The van der Waals surface area contributed by atoms with Crippen LogP contribution in [0.3, 0.4) is 0 Å². The van der Waals surface area contributed by atoms with E-state index in [1.54, 1.807) is 23.7 Å². The van der Waals surface area contributed by atoms with E-state index >= 15 is 0 Å². The van der Waals surface area contributed by atoms with Crippen molar-refractivity contribution in [2.75, 3.05) is 0 Å². The van der Waals surface area contributed by atoms with Gasteiger partial charge in [-0.25, -0.2) is 9.78 Å². The van der Waals surface area contributed by atoms with Crippen LogP contribution in [0.4, 0.5) is 0 Å². The molecule has 0 saturated heterocycles. The predicted octanol–water partition coefficient (Wildman–Crippen LogP) is 1.89. The number of benzene rings is 1. The van der Waals surface area contributed by atoms with Crippen LogP contribution in [0.25, 0.3) is 10.2 Å². The molecular weight excluding hydrogens is 252 g/mol. The highest BCUT2D eigenvalue weighted by Gasteiger charge is 2.29. The van der Waals surface area contributed by atoms with E-state index in [1.165, 1.54) is 25.2 Å². The maximum Gasteiger partial charge on any atom is 0.328 e. The lowest BCUT2D eigenvalue weighted by atomic mass is 10.1. The van der Waals surface area contributed by atoms with Gasteiger partial charge in [0.2, 0.25) is 0 Å². The molecule has 0 saturated carbocycles. The molecule has 94 valence electrons. The zero-order valence-corrected chi connectivity index (χ0v) is 10.7. The maximum absolute atomic E-state index is 11.9. The number of carboxylic acids is 1. The number of carbonyl (C=O) groups excluding carboxylic acids is 1. The van der Waals surface area contributed by atoms with Crippen molar-refractivity contribution in [3.05, 3.63) is 29.3 Å². The molecule has 0 atom stereocenters. The number of aromatic nitrogens is 1. The number of fused-ring (bicyclic) bond motifs is 1. The van der Waals surface area contributed by atoms with E-state index in [-0.39, 0.29) is 0 Å². The molecule has 0 aliphatic carbocycles. The van der Waals surface area contributed by atoms with Crippen LogP contribution in [0.2, 0.25) is 0 Å². The molecule has 0 bridgehead atoms. The summed E-state index contributed by atoms with van der Waals surface area (Å²) in [5, 5.41) is 11.4. The predicted molar refractivity (Wildman–Crippen MR) is 68.8 cm³/mol. The molecule has 0 aliphatic heterocycles. The topological polar surface area (TPSA) is 79.3 Å². The molecule has 2 N–H and O–H groups in total. The van der Waals surface area contributed by atoms with E-state index in [1.807, 2.05) is 0 Å². The Hall–Kier alpha value is -1.95. The number of hydrogen-bond acceptors (Lipinski definition) is 4. The first-order valence-corrected chi connectivity index (χ1v) is 6.17. The minimum Gasteiger partial charge on any atom is -0.480 e. The van der Waals surface area contributed by atoms with E-state index in [2.05, 4.69) is 10.3 Å². The van der Waals surface area contributed by atoms with Crippen LogP contribution in [-0.2, 0) is 4.79 Å². The summed E-state index contributed by atoms with van der Waals surface area (Å²) >= 11 is 1.44. The Labute approximate surface area is 107 Å². The second kappa shape index (κ2) is 4.38. The summed E-state index contributed by atoms with van der Waals surface area (Å²) in [6, 6.07) is 5.09. The fraction of sp³-hybridized carbons (Fsp3) is 0.250. The third kappa shape index (κ3) is 2.33. The molecule has 6 heteroatoms. The number of nitrogens with one attached hydrogen (secondary N) is 1. The molecule has 1 aromatic carbocycles. The summed E-state index contributed by atoms with van der Waals surface area (Å²) < 4.78 is 0.899. The third-order valence-corrected chi connectivity index (χ3v) is 3.35. The first-order chi connectivity index (χ1) is 8.40. The Morgan fingerprint density at radius 2 is 2.11 bits per heavy atom. The van der Waals surface area contributed by atoms with Gasteiger partial charge in [0.25, 0.3) is 5.91 Å². The van der Waals surface area contributed by atoms with Gasteiger partial charge in [0.05, 0.1) is 15.7 Å². The molecule has 1 aromatic heterocycles. The van der Waals surface area contributed by atoms with E-state index in [0.717, 1.165) is 10.2 Å². The summed E-state index contributed by atoms with van der Waals surface area (Å²) in [4.78, 5) is 27.0. The van der Waals surface area contributed by atoms with Crippen molar-refractivity contribution in [2.24, 2.45) is 0 Å². The van der Waals surface area contributed by atoms with Crippen LogP contribution in [0.15, 0.2) is 23.7 Å². The van der Waals surface area contributed by atoms with Gasteiger partial charge in [-0.1, -0.05) is 0 Å². The maximum atomic E-state index is 11.9. The number of aliphatic carboxylic acids is 1. The van der Waals surface area contributed by atoms with E-state index in [4.69, 9.17) is 5.11 Å². The summed E-state index contributed by atoms with van der Waals surface area (Å²) in [6.45, 7) is 2.89. The van der Waals surface area contributed by atoms with Crippen LogP contribution in [0.5, 0.6) is 0 Å². The van der Waals surface area contributed by atoms with Crippen molar-refractivity contribution in [1.29, 1.82) is 0 Å².